The number of rotatable bonds is 0. The minimum Gasteiger partial charge on any atom is -0.398 e. The average Bonchev–Trinajstić information content (AvgIpc) is 2.56. The highest BCUT2D eigenvalue weighted by atomic mass is 16.1. The first-order chi connectivity index (χ1) is 7.77. The van der Waals surface area contributed by atoms with Gasteiger partial charge < -0.3 is 16.0 Å². The number of nitrogens with two attached hydrogens (primary N) is 1. The Morgan fingerprint density at radius 3 is 3.06 bits per heavy atom. The first-order valence-corrected chi connectivity index (χ1v) is 5.44. The van der Waals surface area contributed by atoms with E-state index in [9.17, 15) is 4.79 Å². The predicted octanol–water partition coefficient (Wildman–Crippen LogP) is 1.43. The fourth-order valence-electron chi connectivity index (χ4n) is 2.35. The van der Waals surface area contributed by atoms with Crippen molar-refractivity contribution in [3.05, 3.63) is 29.5 Å². The van der Waals surface area contributed by atoms with E-state index in [-0.39, 0.29) is 5.91 Å². The number of nitrogens with one attached hydrogen (secondary N) is 2. The normalized spacial score (nSPS) is 15.6. The molecule has 0 saturated carbocycles. The number of amides is 1. The maximum atomic E-state index is 11.8. The van der Waals surface area contributed by atoms with Crippen molar-refractivity contribution in [2.45, 2.75) is 12.8 Å². The molecule has 0 saturated heterocycles. The molecule has 0 unspecified atom stereocenters. The highest BCUT2D eigenvalue weighted by Crippen LogP contribution is 2.29. The number of nitrogen functional groups attached to an aromatic ring is 1. The summed E-state index contributed by atoms with van der Waals surface area (Å²) in [5.41, 5.74) is 9.39. The lowest BCUT2D eigenvalue weighted by molar-refractivity contribution is 0.0952. The molecule has 2 heterocycles. The number of hydrogen-bond donors (Lipinski definition) is 3. The van der Waals surface area contributed by atoms with Gasteiger partial charge in [0.25, 0.3) is 5.91 Å². The van der Waals surface area contributed by atoms with Crippen molar-refractivity contribution in [1.29, 1.82) is 0 Å². The lowest BCUT2D eigenvalue weighted by atomic mass is 10.1. The van der Waals surface area contributed by atoms with E-state index in [1.165, 1.54) is 0 Å². The average molecular weight is 215 g/mol. The zero-order chi connectivity index (χ0) is 11.1. The van der Waals surface area contributed by atoms with Crippen LogP contribution in [0.2, 0.25) is 0 Å². The summed E-state index contributed by atoms with van der Waals surface area (Å²) in [5.74, 6) is -0.0249. The number of anilines is 1. The number of aromatic amines is 1. The van der Waals surface area contributed by atoms with Crippen molar-refractivity contribution in [1.82, 2.24) is 10.3 Å². The Balaban J connectivity index is 2.35. The van der Waals surface area contributed by atoms with Gasteiger partial charge in [-0.05, 0) is 30.5 Å². The molecule has 16 heavy (non-hydrogen) atoms. The zero-order valence-electron chi connectivity index (χ0n) is 8.84. The summed E-state index contributed by atoms with van der Waals surface area (Å²) in [7, 11) is 0. The van der Waals surface area contributed by atoms with E-state index in [4.69, 9.17) is 5.73 Å². The Morgan fingerprint density at radius 2 is 2.19 bits per heavy atom. The molecule has 2 aromatic rings. The number of carbonyl (C=O) groups excluding carboxylic acids is 1. The van der Waals surface area contributed by atoms with Gasteiger partial charge in [0.15, 0.2) is 0 Å². The molecule has 0 radical (unpaired) electrons. The SMILES string of the molecule is Nc1cccc2[nH]c3c(c12)CCCNC3=O. The van der Waals surface area contributed by atoms with Gasteiger partial charge in [-0.15, -0.1) is 0 Å². The molecule has 0 atom stereocenters. The second-order valence-electron chi connectivity index (χ2n) is 4.11. The van der Waals surface area contributed by atoms with Crippen LogP contribution in [0.4, 0.5) is 5.69 Å². The van der Waals surface area contributed by atoms with Crippen molar-refractivity contribution in [3.63, 3.8) is 0 Å². The van der Waals surface area contributed by atoms with Crippen LogP contribution in [0.3, 0.4) is 0 Å². The Kier molecular flexibility index (Phi) is 1.89. The highest BCUT2D eigenvalue weighted by molar-refractivity contribution is 6.04. The fourth-order valence-corrected chi connectivity index (χ4v) is 2.35. The van der Waals surface area contributed by atoms with Crippen molar-refractivity contribution in [2.24, 2.45) is 0 Å². The number of benzene rings is 1. The summed E-state index contributed by atoms with van der Waals surface area (Å²) in [5, 5.41) is 3.88. The van der Waals surface area contributed by atoms with Gasteiger partial charge >= 0.3 is 0 Å². The molecule has 4 N–H and O–H groups in total. The molecular formula is C12H13N3O. The van der Waals surface area contributed by atoms with E-state index >= 15 is 0 Å². The Hall–Kier alpha value is -1.97. The molecule has 3 rings (SSSR count). The number of H-pyrrole nitrogens is 1. The summed E-state index contributed by atoms with van der Waals surface area (Å²) in [6.07, 6.45) is 1.85. The number of hydrogen-bond acceptors (Lipinski definition) is 2. The summed E-state index contributed by atoms with van der Waals surface area (Å²) in [4.78, 5) is 15.0. The van der Waals surface area contributed by atoms with Gasteiger partial charge in [-0.2, -0.15) is 0 Å². The summed E-state index contributed by atoms with van der Waals surface area (Å²) < 4.78 is 0. The van der Waals surface area contributed by atoms with E-state index in [0.29, 0.717) is 5.69 Å². The Morgan fingerprint density at radius 1 is 1.31 bits per heavy atom. The van der Waals surface area contributed by atoms with Gasteiger partial charge in [0, 0.05) is 23.1 Å². The molecule has 1 aliphatic heterocycles. The maximum absolute atomic E-state index is 11.8. The molecule has 0 aliphatic carbocycles. The number of aromatic nitrogens is 1. The molecule has 82 valence electrons. The van der Waals surface area contributed by atoms with Crippen molar-refractivity contribution >= 4 is 22.5 Å². The van der Waals surface area contributed by atoms with Crippen LogP contribution >= 0.6 is 0 Å². The highest BCUT2D eigenvalue weighted by Gasteiger charge is 2.20. The third-order valence-electron chi connectivity index (χ3n) is 3.08. The predicted molar refractivity (Wildman–Crippen MR) is 63.4 cm³/mol. The van der Waals surface area contributed by atoms with Gasteiger partial charge in [-0.25, -0.2) is 0 Å². The molecular weight excluding hydrogens is 202 g/mol. The molecule has 1 aliphatic rings. The van der Waals surface area contributed by atoms with Gasteiger partial charge in [0.05, 0.1) is 0 Å². The fraction of sp³-hybridized carbons (Fsp3) is 0.250. The Labute approximate surface area is 92.8 Å². The van der Waals surface area contributed by atoms with Crippen molar-refractivity contribution in [3.8, 4) is 0 Å². The number of carbonyl (C=O) groups is 1. The number of fused-ring (bicyclic) bond motifs is 3. The molecule has 1 amide bonds. The van der Waals surface area contributed by atoms with E-state index < -0.39 is 0 Å². The van der Waals surface area contributed by atoms with E-state index in [1.807, 2.05) is 18.2 Å². The zero-order valence-corrected chi connectivity index (χ0v) is 8.84. The number of aryl methyl sites for hydroxylation is 1. The topological polar surface area (TPSA) is 70.9 Å². The van der Waals surface area contributed by atoms with Crippen LogP contribution in [0, 0.1) is 0 Å². The van der Waals surface area contributed by atoms with E-state index in [1.54, 1.807) is 0 Å². The molecule has 1 aromatic heterocycles. The standard InChI is InChI=1S/C12H13N3O/c13-8-4-1-5-9-10(8)7-3-2-6-14-12(16)11(7)15-9/h1,4-5,15H,2-3,6,13H2,(H,14,16). The molecule has 0 bridgehead atoms. The van der Waals surface area contributed by atoms with E-state index in [0.717, 1.165) is 41.5 Å². The lowest BCUT2D eigenvalue weighted by Gasteiger charge is -1.99. The maximum Gasteiger partial charge on any atom is 0.268 e. The van der Waals surface area contributed by atoms with Crippen LogP contribution in [0.1, 0.15) is 22.5 Å². The first-order valence-electron chi connectivity index (χ1n) is 5.44. The van der Waals surface area contributed by atoms with Crippen LogP contribution < -0.4 is 11.1 Å². The quantitative estimate of drug-likeness (QED) is 0.582. The minimum absolute atomic E-state index is 0.0249. The molecule has 4 heteroatoms. The van der Waals surface area contributed by atoms with Crippen LogP contribution in [-0.4, -0.2) is 17.4 Å². The van der Waals surface area contributed by atoms with Crippen LogP contribution in [0.5, 0.6) is 0 Å². The summed E-state index contributed by atoms with van der Waals surface area (Å²) in [6.45, 7) is 0.732. The minimum atomic E-state index is -0.0249. The van der Waals surface area contributed by atoms with E-state index in [2.05, 4.69) is 10.3 Å². The second-order valence-corrected chi connectivity index (χ2v) is 4.11. The summed E-state index contributed by atoms with van der Waals surface area (Å²) >= 11 is 0. The second kappa shape index (κ2) is 3.27. The van der Waals surface area contributed by atoms with Crippen LogP contribution in [0.25, 0.3) is 10.9 Å². The molecule has 4 nitrogen and oxygen atoms in total. The lowest BCUT2D eigenvalue weighted by Crippen LogP contribution is -2.22. The third kappa shape index (κ3) is 1.19. The van der Waals surface area contributed by atoms with Gasteiger partial charge in [-0.1, -0.05) is 6.07 Å². The molecule has 1 aromatic carbocycles. The van der Waals surface area contributed by atoms with Crippen LogP contribution in [-0.2, 0) is 6.42 Å². The third-order valence-corrected chi connectivity index (χ3v) is 3.08. The monoisotopic (exact) mass is 215 g/mol. The van der Waals surface area contributed by atoms with Crippen molar-refractivity contribution in [2.75, 3.05) is 12.3 Å². The van der Waals surface area contributed by atoms with Crippen LogP contribution in [0.15, 0.2) is 18.2 Å². The van der Waals surface area contributed by atoms with Gasteiger partial charge in [-0.3, -0.25) is 4.79 Å². The largest absolute Gasteiger partial charge is 0.398 e. The molecule has 0 fully saturated rings. The smallest absolute Gasteiger partial charge is 0.268 e. The summed E-state index contributed by atoms with van der Waals surface area (Å²) in [6, 6.07) is 5.72. The van der Waals surface area contributed by atoms with Gasteiger partial charge in [0.1, 0.15) is 5.69 Å². The van der Waals surface area contributed by atoms with Gasteiger partial charge in [0.2, 0.25) is 0 Å². The molecule has 0 spiro atoms. The van der Waals surface area contributed by atoms with Crippen molar-refractivity contribution < 1.29 is 4.79 Å². The first kappa shape index (κ1) is 9.27. The Bertz CT molecular complexity index is 571.